The van der Waals surface area contributed by atoms with Gasteiger partial charge in [-0.15, -0.1) is 11.3 Å². The average Bonchev–Trinajstić information content (AvgIpc) is 2.77. The minimum absolute atomic E-state index is 0.0827. The standard InChI is InChI=1S/C12H6BrF3O2S/c13-8-2-1-6(12(14,15)16)5-7(8)9-3-4-10(19-9)11(17)18/h1-5H,(H,17,18). The highest BCUT2D eigenvalue weighted by atomic mass is 79.9. The topological polar surface area (TPSA) is 37.3 Å². The first kappa shape index (κ1) is 14.1. The maximum absolute atomic E-state index is 12.6. The second kappa shape index (κ2) is 4.97. The molecule has 7 heteroatoms. The van der Waals surface area contributed by atoms with Crippen molar-refractivity contribution in [3.8, 4) is 10.4 Å². The minimum Gasteiger partial charge on any atom is -0.477 e. The Morgan fingerprint density at radius 3 is 2.42 bits per heavy atom. The van der Waals surface area contributed by atoms with Crippen LogP contribution >= 0.6 is 27.3 Å². The van der Waals surface area contributed by atoms with Crippen molar-refractivity contribution in [3.05, 3.63) is 45.2 Å². The number of alkyl halides is 3. The van der Waals surface area contributed by atoms with E-state index in [1.165, 1.54) is 18.2 Å². The maximum Gasteiger partial charge on any atom is 0.416 e. The Morgan fingerprint density at radius 2 is 1.89 bits per heavy atom. The molecule has 1 N–H and O–H groups in total. The second-order valence-corrected chi connectivity index (χ2v) is 5.60. The average molecular weight is 351 g/mol. The normalized spacial score (nSPS) is 11.6. The third-order valence-electron chi connectivity index (χ3n) is 2.38. The first-order chi connectivity index (χ1) is 8.79. The van der Waals surface area contributed by atoms with E-state index in [0.29, 0.717) is 14.9 Å². The van der Waals surface area contributed by atoms with Crippen molar-refractivity contribution < 1.29 is 23.1 Å². The summed E-state index contributed by atoms with van der Waals surface area (Å²) in [4.78, 5) is 11.3. The molecule has 0 aliphatic carbocycles. The van der Waals surface area contributed by atoms with Crippen LogP contribution in [-0.2, 0) is 6.18 Å². The van der Waals surface area contributed by atoms with E-state index in [4.69, 9.17) is 5.11 Å². The van der Waals surface area contributed by atoms with E-state index in [9.17, 15) is 18.0 Å². The van der Waals surface area contributed by atoms with E-state index in [1.54, 1.807) is 0 Å². The fraction of sp³-hybridized carbons (Fsp3) is 0.0833. The Bertz CT molecular complexity index is 634. The third-order valence-corrected chi connectivity index (χ3v) is 4.17. The van der Waals surface area contributed by atoms with Crippen LogP contribution in [0.2, 0.25) is 0 Å². The summed E-state index contributed by atoms with van der Waals surface area (Å²) < 4.78 is 38.4. The fourth-order valence-electron chi connectivity index (χ4n) is 1.49. The predicted molar refractivity (Wildman–Crippen MR) is 69.4 cm³/mol. The van der Waals surface area contributed by atoms with Gasteiger partial charge < -0.3 is 5.11 Å². The quantitative estimate of drug-likeness (QED) is 0.836. The van der Waals surface area contributed by atoms with Gasteiger partial charge >= 0.3 is 12.1 Å². The Balaban J connectivity index is 2.51. The van der Waals surface area contributed by atoms with Gasteiger partial charge in [0.25, 0.3) is 0 Å². The molecule has 0 atom stereocenters. The molecule has 2 nitrogen and oxygen atoms in total. The number of benzene rings is 1. The number of carboxylic acid groups (broad SMARTS) is 1. The van der Waals surface area contributed by atoms with Crippen LogP contribution in [0.1, 0.15) is 15.2 Å². The molecule has 0 saturated carbocycles. The lowest BCUT2D eigenvalue weighted by molar-refractivity contribution is -0.137. The van der Waals surface area contributed by atoms with Crippen molar-refractivity contribution in [2.45, 2.75) is 6.18 Å². The molecule has 0 aliphatic heterocycles. The van der Waals surface area contributed by atoms with Crippen molar-refractivity contribution in [1.29, 1.82) is 0 Å². The zero-order valence-corrected chi connectivity index (χ0v) is 11.6. The van der Waals surface area contributed by atoms with Gasteiger partial charge in [0.1, 0.15) is 4.88 Å². The molecule has 2 rings (SSSR count). The third kappa shape index (κ3) is 2.98. The van der Waals surface area contributed by atoms with E-state index in [1.807, 2.05) is 0 Å². The molecule has 1 heterocycles. The molecule has 0 unspecified atom stereocenters. The summed E-state index contributed by atoms with van der Waals surface area (Å²) in [7, 11) is 0. The van der Waals surface area contributed by atoms with Crippen LogP contribution in [0.15, 0.2) is 34.8 Å². The monoisotopic (exact) mass is 350 g/mol. The van der Waals surface area contributed by atoms with Crippen LogP contribution in [0.5, 0.6) is 0 Å². The van der Waals surface area contributed by atoms with Gasteiger partial charge in [-0.3, -0.25) is 0 Å². The number of carboxylic acids is 1. The SMILES string of the molecule is O=C(O)c1ccc(-c2cc(C(F)(F)F)ccc2Br)s1. The van der Waals surface area contributed by atoms with Gasteiger partial charge in [-0.1, -0.05) is 15.9 Å². The largest absolute Gasteiger partial charge is 0.477 e. The van der Waals surface area contributed by atoms with Gasteiger partial charge in [0.05, 0.1) is 5.56 Å². The van der Waals surface area contributed by atoms with E-state index < -0.39 is 17.7 Å². The molecular weight excluding hydrogens is 345 g/mol. The van der Waals surface area contributed by atoms with Crippen molar-refractivity contribution in [3.63, 3.8) is 0 Å². The zero-order chi connectivity index (χ0) is 14.2. The number of hydrogen-bond acceptors (Lipinski definition) is 2. The minimum atomic E-state index is -4.43. The highest BCUT2D eigenvalue weighted by molar-refractivity contribution is 9.10. The fourth-order valence-corrected chi connectivity index (χ4v) is 2.95. The van der Waals surface area contributed by atoms with Crippen LogP contribution in [0, 0.1) is 0 Å². The van der Waals surface area contributed by atoms with Crippen LogP contribution in [0.4, 0.5) is 13.2 Å². The molecular formula is C12H6BrF3O2S. The number of aromatic carboxylic acids is 1. The van der Waals surface area contributed by atoms with Crippen molar-refractivity contribution >= 4 is 33.2 Å². The first-order valence-electron chi connectivity index (χ1n) is 4.99. The van der Waals surface area contributed by atoms with E-state index in [-0.39, 0.29) is 4.88 Å². The van der Waals surface area contributed by atoms with Gasteiger partial charge in [-0.05, 0) is 30.3 Å². The molecule has 0 aliphatic rings. The van der Waals surface area contributed by atoms with Crippen molar-refractivity contribution in [2.75, 3.05) is 0 Å². The smallest absolute Gasteiger partial charge is 0.416 e. The van der Waals surface area contributed by atoms with Gasteiger partial charge in [-0.2, -0.15) is 13.2 Å². The number of rotatable bonds is 2. The van der Waals surface area contributed by atoms with Crippen LogP contribution < -0.4 is 0 Å². The van der Waals surface area contributed by atoms with Crippen LogP contribution in [0.25, 0.3) is 10.4 Å². The summed E-state index contributed by atoms with van der Waals surface area (Å²) in [6, 6.07) is 6.14. The van der Waals surface area contributed by atoms with Gasteiger partial charge in [0.2, 0.25) is 0 Å². The second-order valence-electron chi connectivity index (χ2n) is 3.66. The number of hydrogen-bond donors (Lipinski definition) is 1. The molecule has 100 valence electrons. The summed E-state index contributed by atoms with van der Waals surface area (Å²) in [6.07, 6.45) is -4.43. The Labute approximate surface area is 118 Å². The van der Waals surface area contributed by atoms with E-state index in [2.05, 4.69) is 15.9 Å². The zero-order valence-electron chi connectivity index (χ0n) is 9.16. The molecule has 0 fully saturated rings. The Hall–Kier alpha value is -1.34. The summed E-state index contributed by atoms with van der Waals surface area (Å²) in [5, 5.41) is 8.82. The molecule has 19 heavy (non-hydrogen) atoms. The van der Waals surface area contributed by atoms with Gasteiger partial charge in [-0.25, -0.2) is 4.79 Å². The number of halogens is 4. The number of carbonyl (C=O) groups is 1. The Kier molecular flexibility index (Phi) is 3.69. The highest BCUT2D eigenvalue weighted by Gasteiger charge is 2.31. The maximum atomic E-state index is 12.6. The van der Waals surface area contributed by atoms with Gasteiger partial charge in [0.15, 0.2) is 0 Å². The molecule has 0 bridgehead atoms. The molecule has 1 aromatic carbocycles. The summed E-state index contributed by atoms with van der Waals surface area (Å²) >= 11 is 4.10. The molecule has 0 saturated heterocycles. The Morgan fingerprint density at radius 1 is 1.21 bits per heavy atom. The van der Waals surface area contributed by atoms with Crippen LogP contribution in [-0.4, -0.2) is 11.1 Å². The lowest BCUT2D eigenvalue weighted by Gasteiger charge is -2.09. The highest BCUT2D eigenvalue weighted by Crippen LogP contribution is 2.38. The molecule has 0 spiro atoms. The molecule has 0 radical (unpaired) electrons. The molecule has 2 aromatic rings. The van der Waals surface area contributed by atoms with Crippen LogP contribution in [0.3, 0.4) is 0 Å². The predicted octanol–water partition coefficient (Wildman–Crippen LogP) is 4.89. The summed E-state index contributed by atoms with van der Waals surface area (Å²) in [6.45, 7) is 0. The lowest BCUT2D eigenvalue weighted by atomic mass is 10.1. The van der Waals surface area contributed by atoms with E-state index >= 15 is 0 Å². The van der Waals surface area contributed by atoms with Gasteiger partial charge in [0, 0.05) is 14.9 Å². The van der Waals surface area contributed by atoms with Crippen molar-refractivity contribution in [2.24, 2.45) is 0 Å². The van der Waals surface area contributed by atoms with Crippen molar-refractivity contribution in [1.82, 2.24) is 0 Å². The number of thiophene rings is 1. The molecule has 1 aromatic heterocycles. The first-order valence-corrected chi connectivity index (χ1v) is 6.60. The summed E-state index contributed by atoms with van der Waals surface area (Å²) in [5.41, 5.74) is -0.441. The lowest BCUT2D eigenvalue weighted by Crippen LogP contribution is -2.04. The molecule has 0 amide bonds. The van der Waals surface area contributed by atoms with E-state index in [0.717, 1.165) is 23.5 Å². The summed E-state index contributed by atoms with van der Waals surface area (Å²) in [5.74, 6) is -1.10.